The molecule has 14 aromatic rings. The van der Waals surface area contributed by atoms with Crippen molar-refractivity contribution in [2.45, 2.75) is 40.4 Å². The molecule has 2 aliphatic rings. The summed E-state index contributed by atoms with van der Waals surface area (Å²) in [6, 6.07) is 86.1. The van der Waals surface area contributed by atoms with Gasteiger partial charge < -0.3 is 29.6 Å². The number of benzene rings is 7. The number of thiophene rings is 2. The number of ether oxygens (including phenoxy) is 1. The van der Waals surface area contributed by atoms with Crippen molar-refractivity contribution in [2.75, 3.05) is 31.2 Å². The zero-order chi connectivity index (χ0) is 62.6. The molecule has 2 aliphatic heterocycles. The summed E-state index contributed by atoms with van der Waals surface area (Å²) in [7, 11) is 0. The molecule has 9 heterocycles. The van der Waals surface area contributed by atoms with Crippen molar-refractivity contribution >= 4 is 62.7 Å². The summed E-state index contributed by atoms with van der Waals surface area (Å²) in [4.78, 5) is 39.1. The minimum atomic E-state index is -0.210. The zero-order valence-electron chi connectivity index (χ0n) is 51.9. The van der Waals surface area contributed by atoms with Gasteiger partial charge in [0.1, 0.15) is 5.82 Å². The number of pyridine rings is 4. The first kappa shape index (κ1) is 73.1. The van der Waals surface area contributed by atoms with Crippen molar-refractivity contribution in [1.29, 1.82) is 0 Å². The molecule has 0 unspecified atom stereocenters. The molecule has 0 spiro atoms. The Balaban J connectivity index is 0.000000149. The Labute approximate surface area is 629 Å². The van der Waals surface area contributed by atoms with E-state index in [1.807, 2.05) is 148 Å². The monoisotopic (exact) mass is 1860 g/mol. The standard InChI is InChI=1S/C23H19N2OS.C21H12NS3.C18H13FN.C17H14N3.2Ir.2Rh/c1-2-7-20-17(4-1)10-11-24-23(20)22-9-8-21(27-22)18-5-3-6-19(16-18)25-12-14-26-15-13-25;1-2-9-19-18(8-1)24-20-10-5-6-14(21(20)25-19)16-11-12-17(23-16)15-7-3-4-13-22-15;1-13-11-16(19)8-9-17(13)14-5-4-6-15(12-14)18-7-2-3-10-20-18;1-12-11-19-13(2)17(20-12)15-7-5-6-14(10-15)16-8-3-4-9-18-16;;;;/h1-8,10-11,16H,12-15H2;1-11,13H;2-5,7-12H,1H3;3-5,7-11H,1-2H3;;;;/q4*-1;;;;. The van der Waals surface area contributed by atoms with Crippen LogP contribution >= 0.6 is 46.2 Å². The van der Waals surface area contributed by atoms with Crippen LogP contribution in [0.4, 0.5) is 10.1 Å². The summed E-state index contributed by atoms with van der Waals surface area (Å²) in [5.74, 6) is -0.210. The molecule has 4 radical (unpaired) electrons. The maximum Gasteiger partial charge on any atom is 0.123 e. The van der Waals surface area contributed by atoms with E-state index in [9.17, 15) is 4.39 Å². The second-order valence-electron chi connectivity index (χ2n) is 21.5. The van der Waals surface area contributed by atoms with Crippen LogP contribution in [0.1, 0.15) is 17.0 Å². The summed E-state index contributed by atoms with van der Waals surface area (Å²) in [5.41, 5.74) is 16.2. The van der Waals surface area contributed by atoms with Crippen molar-refractivity contribution in [2.24, 2.45) is 0 Å². The van der Waals surface area contributed by atoms with E-state index >= 15 is 0 Å². The topological polar surface area (TPSA) is 89.8 Å². The number of rotatable bonds is 9. The maximum absolute atomic E-state index is 13.2. The molecule has 0 amide bonds. The van der Waals surface area contributed by atoms with Gasteiger partial charge in [-0.15, -0.1) is 65.2 Å². The third-order valence-corrected chi connectivity index (χ3v) is 20.0. The van der Waals surface area contributed by atoms with Crippen molar-refractivity contribution in [3.8, 4) is 86.9 Å². The number of anilines is 1. The number of aryl methyl sites for hydroxylation is 3. The number of hydrogen-bond acceptors (Lipinski definition) is 12. The third-order valence-electron chi connectivity index (χ3n) is 15.2. The molecule has 0 aliphatic carbocycles. The second-order valence-corrected chi connectivity index (χ2v) is 25.8. The minimum absolute atomic E-state index is 0. The normalized spacial score (nSPS) is 11.7. The van der Waals surface area contributed by atoms with Crippen LogP contribution in [0.25, 0.3) is 97.7 Å². The molecular weight excluding hydrogens is 1800 g/mol. The first-order chi connectivity index (χ1) is 45.2. The molecule has 17 heteroatoms. The van der Waals surface area contributed by atoms with Crippen LogP contribution in [-0.4, -0.2) is 56.2 Å². The van der Waals surface area contributed by atoms with Gasteiger partial charge in [-0.05, 0) is 138 Å². The molecule has 486 valence electrons. The Bertz CT molecular complexity index is 4850. The van der Waals surface area contributed by atoms with Gasteiger partial charge >= 0.3 is 0 Å². The quantitative estimate of drug-likeness (QED) is 0.103. The number of nitrogens with zero attached hydrogens (tertiary/aromatic N) is 7. The number of hydrogen-bond donors (Lipinski definition) is 0. The van der Waals surface area contributed by atoms with Gasteiger partial charge in [0.2, 0.25) is 0 Å². The number of halogens is 1. The van der Waals surface area contributed by atoms with E-state index in [0.29, 0.717) is 0 Å². The van der Waals surface area contributed by atoms with Crippen molar-refractivity contribution < 1.29 is 88.3 Å². The average Bonchev–Trinajstić information content (AvgIpc) is 1.47. The van der Waals surface area contributed by atoms with Crippen LogP contribution in [0.5, 0.6) is 0 Å². The van der Waals surface area contributed by atoms with Gasteiger partial charge in [0.25, 0.3) is 0 Å². The van der Waals surface area contributed by atoms with E-state index < -0.39 is 0 Å². The molecule has 0 bridgehead atoms. The Morgan fingerprint density at radius 2 is 1.09 bits per heavy atom. The van der Waals surface area contributed by atoms with Crippen LogP contribution in [0.3, 0.4) is 0 Å². The average molecular weight is 1860 g/mol. The fraction of sp³-hybridized carbons (Fsp3) is 0.0886. The van der Waals surface area contributed by atoms with E-state index in [2.05, 4.69) is 174 Å². The summed E-state index contributed by atoms with van der Waals surface area (Å²) in [5, 5.41) is 2.38. The van der Waals surface area contributed by atoms with Gasteiger partial charge in [0, 0.05) is 149 Å². The van der Waals surface area contributed by atoms with Crippen molar-refractivity contribution in [1.82, 2.24) is 29.9 Å². The van der Waals surface area contributed by atoms with Gasteiger partial charge in [-0.1, -0.05) is 157 Å². The van der Waals surface area contributed by atoms with E-state index in [1.165, 1.54) is 63.0 Å². The van der Waals surface area contributed by atoms with Gasteiger partial charge in [-0.25, -0.2) is 27.1 Å². The molecule has 16 rings (SSSR count). The molecule has 8 nitrogen and oxygen atoms in total. The van der Waals surface area contributed by atoms with Crippen LogP contribution in [-0.2, 0) is 83.9 Å². The SMILES string of the molecule is Cc1cc(F)ccc1-c1cc[c-]c(-c2ccccn2)c1.Cc1cnc(C)c(-c2cc[c-]c(-c3ccccn3)c2)n1.[Ir].[Ir].[Rh].[Rh].[c-]1cc(-c2cccc(N3CCOCC3)c2)sc1-c1nccc2ccccc12.[c-]1cc(-c2cccc3c2Sc2ccccc2S3)sc1-c1ccccn1. The predicted molar refractivity (Wildman–Crippen MR) is 377 cm³/mol. The second kappa shape index (κ2) is 35.4. The molecule has 0 N–H and O–H groups in total. The molecular formula is C79H58FIr2N7ORh2S4-4. The van der Waals surface area contributed by atoms with Crippen LogP contribution in [0.2, 0.25) is 0 Å². The van der Waals surface area contributed by atoms with Gasteiger partial charge in [0.05, 0.1) is 30.3 Å². The van der Waals surface area contributed by atoms with E-state index in [0.717, 1.165) is 109 Å². The molecule has 7 aromatic carbocycles. The Morgan fingerprint density at radius 1 is 0.479 bits per heavy atom. The molecule has 0 saturated carbocycles. The smallest absolute Gasteiger partial charge is 0.123 e. The van der Waals surface area contributed by atoms with Crippen molar-refractivity contribution in [3.05, 3.63) is 296 Å². The fourth-order valence-corrected chi connectivity index (χ4v) is 15.1. The Morgan fingerprint density at radius 3 is 1.80 bits per heavy atom. The molecule has 1 saturated heterocycles. The summed E-state index contributed by atoms with van der Waals surface area (Å²) in [6.45, 7) is 9.33. The summed E-state index contributed by atoms with van der Waals surface area (Å²) >= 11 is 7.22. The van der Waals surface area contributed by atoms with Crippen LogP contribution < -0.4 is 4.90 Å². The van der Waals surface area contributed by atoms with E-state index in [4.69, 9.17) is 4.74 Å². The largest absolute Gasteiger partial charge is 0.378 e. The van der Waals surface area contributed by atoms with Crippen LogP contribution in [0, 0.1) is 50.9 Å². The van der Waals surface area contributed by atoms with E-state index in [1.54, 1.807) is 47.3 Å². The molecule has 0 atom stereocenters. The minimum Gasteiger partial charge on any atom is -0.378 e. The maximum atomic E-state index is 13.2. The number of aromatic nitrogens is 6. The number of fused-ring (bicyclic) bond motifs is 3. The third kappa shape index (κ3) is 17.9. The zero-order valence-corrected chi connectivity index (χ0v) is 63.2. The Kier molecular flexibility index (Phi) is 26.9. The van der Waals surface area contributed by atoms with E-state index in [-0.39, 0.29) is 85.0 Å². The molecule has 1 fully saturated rings. The summed E-state index contributed by atoms with van der Waals surface area (Å²) < 4.78 is 18.7. The molecule has 96 heavy (non-hydrogen) atoms. The Hall–Kier alpha value is -7.18. The van der Waals surface area contributed by atoms with Gasteiger partial charge in [0.15, 0.2) is 0 Å². The molecule has 7 aromatic heterocycles. The summed E-state index contributed by atoms with van der Waals surface area (Å²) in [6.07, 6.45) is 9.04. The van der Waals surface area contributed by atoms with Gasteiger partial charge in [-0.3, -0.25) is 9.97 Å². The first-order valence-corrected chi connectivity index (χ1v) is 33.2. The first-order valence-electron chi connectivity index (χ1n) is 30.0. The fourth-order valence-electron chi connectivity index (χ4n) is 10.7. The predicted octanol–water partition coefficient (Wildman–Crippen LogP) is 20.4. The van der Waals surface area contributed by atoms with Crippen molar-refractivity contribution in [3.63, 3.8) is 0 Å². The van der Waals surface area contributed by atoms with Gasteiger partial charge in [-0.2, -0.15) is 24.3 Å². The van der Waals surface area contributed by atoms with Crippen LogP contribution in [0.15, 0.2) is 269 Å². The number of morpholine rings is 1.